The molecule has 0 spiro atoms. The molecule has 2 rings (SSSR count). The maximum atomic E-state index is 9.26. The predicted molar refractivity (Wildman–Crippen MR) is 62.7 cm³/mol. The Hall–Kier alpha value is -0.0800. The molecule has 0 aromatic rings. The normalized spacial score (nSPS) is 36.8. The van der Waals surface area contributed by atoms with E-state index in [4.69, 9.17) is 0 Å². The monoisotopic (exact) mass is 211 g/mol. The van der Waals surface area contributed by atoms with E-state index in [9.17, 15) is 5.11 Å². The van der Waals surface area contributed by atoms with Gasteiger partial charge in [0.25, 0.3) is 0 Å². The van der Waals surface area contributed by atoms with Crippen molar-refractivity contribution in [1.29, 1.82) is 0 Å². The highest BCUT2D eigenvalue weighted by molar-refractivity contribution is 4.97. The second-order valence-electron chi connectivity index (χ2n) is 6.70. The lowest BCUT2D eigenvalue weighted by Gasteiger charge is -2.21. The zero-order valence-electron chi connectivity index (χ0n) is 10.3. The predicted octanol–water partition coefficient (Wildman–Crippen LogP) is 2.17. The second kappa shape index (κ2) is 3.74. The summed E-state index contributed by atoms with van der Waals surface area (Å²) in [7, 11) is 0. The smallest absolute Gasteiger partial charge is 0.0499 e. The first-order valence-electron chi connectivity index (χ1n) is 6.31. The Morgan fingerprint density at radius 1 is 1.27 bits per heavy atom. The fourth-order valence-electron chi connectivity index (χ4n) is 3.08. The first-order chi connectivity index (χ1) is 6.96. The highest BCUT2D eigenvalue weighted by Crippen LogP contribution is 2.46. The third kappa shape index (κ3) is 2.54. The van der Waals surface area contributed by atoms with Crippen LogP contribution in [0.15, 0.2) is 0 Å². The molecule has 2 fully saturated rings. The summed E-state index contributed by atoms with van der Waals surface area (Å²) >= 11 is 0. The average Bonchev–Trinajstić information content (AvgIpc) is 2.87. The van der Waals surface area contributed by atoms with Crippen molar-refractivity contribution >= 4 is 0 Å². The summed E-state index contributed by atoms with van der Waals surface area (Å²) in [6, 6.07) is 0.670. The van der Waals surface area contributed by atoms with E-state index in [2.05, 4.69) is 26.1 Å². The SMILES string of the molecule is CC1CC(C)(C)CC1NCC1(CO)CC1. The van der Waals surface area contributed by atoms with E-state index in [1.165, 1.54) is 25.7 Å². The number of aliphatic hydroxyl groups excluding tert-OH is 1. The summed E-state index contributed by atoms with van der Waals surface area (Å²) in [4.78, 5) is 0. The molecule has 0 amide bonds. The van der Waals surface area contributed by atoms with Gasteiger partial charge in [-0.2, -0.15) is 0 Å². The van der Waals surface area contributed by atoms with Crippen molar-refractivity contribution in [3.63, 3.8) is 0 Å². The van der Waals surface area contributed by atoms with E-state index in [1.54, 1.807) is 0 Å². The average molecular weight is 211 g/mol. The molecule has 15 heavy (non-hydrogen) atoms. The van der Waals surface area contributed by atoms with Gasteiger partial charge in [0.2, 0.25) is 0 Å². The van der Waals surface area contributed by atoms with Crippen molar-refractivity contribution in [2.75, 3.05) is 13.2 Å². The number of aliphatic hydroxyl groups is 1. The zero-order chi connectivity index (χ0) is 11.1. The van der Waals surface area contributed by atoms with Gasteiger partial charge in [-0.3, -0.25) is 0 Å². The van der Waals surface area contributed by atoms with E-state index < -0.39 is 0 Å². The summed E-state index contributed by atoms with van der Waals surface area (Å²) in [6.07, 6.45) is 5.04. The molecule has 2 atom stereocenters. The molecule has 2 unspecified atom stereocenters. The molecule has 0 bridgehead atoms. The molecule has 0 aliphatic heterocycles. The van der Waals surface area contributed by atoms with Gasteiger partial charge in [0, 0.05) is 24.6 Å². The zero-order valence-corrected chi connectivity index (χ0v) is 10.3. The van der Waals surface area contributed by atoms with Crippen LogP contribution in [0.4, 0.5) is 0 Å². The molecule has 2 aliphatic carbocycles. The van der Waals surface area contributed by atoms with Crippen LogP contribution in [0.2, 0.25) is 0 Å². The van der Waals surface area contributed by atoms with E-state index >= 15 is 0 Å². The fourth-order valence-corrected chi connectivity index (χ4v) is 3.08. The lowest BCUT2D eigenvalue weighted by molar-refractivity contribution is 0.200. The molecule has 2 saturated carbocycles. The van der Waals surface area contributed by atoms with Crippen LogP contribution in [0.5, 0.6) is 0 Å². The van der Waals surface area contributed by atoms with Gasteiger partial charge < -0.3 is 10.4 Å². The van der Waals surface area contributed by atoms with Gasteiger partial charge >= 0.3 is 0 Å². The van der Waals surface area contributed by atoms with Crippen LogP contribution in [0, 0.1) is 16.7 Å². The van der Waals surface area contributed by atoms with Gasteiger partial charge in [-0.25, -0.2) is 0 Å². The maximum Gasteiger partial charge on any atom is 0.0499 e. The first kappa shape index (κ1) is 11.4. The number of hydrogen-bond donors (Lipinski definition) is 2. The second-order valence-corrected chi connectivity index (χ2v) is 6.70. The highest BCUT2D eigenvalue weighted by Gasteiger charge is 2.43. The summed E-state index contributed by atoms with van der Waals surface area (Å²) in [6.45, 7) is 8.47. The van der Waals surface area contributed by atoms with Gasteiger partial charge in [-0.1, -0.05) is 20.8 Å². The summed E-state index contributed by atoms with van der Waals surface area (Å²) < 4.78 is 0. The Balaban J connectivity index is 1.80. The van der Waals surface area contributed by atoms with E-state index in [1.807, 2.05) is 0 Å². The van der Waals surface area contributed by atoms with Gasteiger partial charge in [0.15, 0.2) is 0 Å². The Morgan fingerprint density at radius 3 is 2.33 bits per heavy atom. The van der Waals surface area contributed by atoms with Crippen molar-refractivity contribution in [1.82, 2.24) is 5.32 Å². The number of hydrogen-bond acceptors (Lipinski definition) is 2. The van der Waals surface area contributed by atoms with E-state index in [-0.39, 0.29) is 5.41 Å². The molecule has 0 heterocycles. The van der Waals surface area contributed by atoms with Crippen LogP contribution >= 0.6 is 0 Å². The minimum absolute atomic E-state index is 0.256. The fraction of sp³-hybridized carbons (Fsp3) is 1.00. The quantitative estimate of drug-likeness (QED) is 0.747. The molecule has 2 aliphatic rings. The van der Waals surface area contributed by atoms with Crippen LogP contribution in [-0.2, 0) is 0 Å². The minimum Gasteiger partial charge on any atom is -0.396 e. The maximum absolute atomic E-state index is 9.26. The van der Waals surface area contributed by atoms with Crippen LogP contribution in [0.3, 0.4) is 0 Å². The Bertz CT molecular complexity index is 233. The Kier molecular flexibility index (Phi) is 2.85. The largest absolute Gasteiger partial charge is 0.396 e. The summed E-state index contributed by atoms with van der Waals surface area (Å²) in [5.74, 6) is 0.787. The minimum atomic E-state index is 0.256. The van der Waals surface area contributed by atoms with Crippen LogP contribution < -0.4 is 5.32 Å². The van der Waals surface area contributed by atoms with Crippen LogP contribution in [0.1, 0.15) is 46.5 Å². The topological polar surface area (TPSA) is 32.3 Å². The van der Waals surface area contributed by atoms with Gasteiger partial charge in [0.05, 0.1) is 0 Å². The molecule has 0 radical (unpaired) electrons. The van der Waals surface area contributed by atoms with Gasteiger partial charge in [-0.05, 0) is 37.0 Å². The number of nitrogens with one attached hydrogen (secondary N) is 1. The van der Waals surface area contributed by atoms with E-state index in [0.29, 0.717) is 18.1 Å². The van der Waals surface area contributed by atoms with Crippen LogP contribution in [-0.4, -0.2) is 24.3 Å². The first-order valence-corrected chi connectivity index (χ1v) is 6.31. The molecule has 2 heteroatoms. The third-order valence-corrected chi connectivity index (χ3v) is 4.37. The Morgan fingerprint density at radius 2 is 1.93 bits per heavy atom. The van der Waals surface area contributed by atoms with Crippen molar-refractivity contribution in [3.8, 4) is 0 Å². The molecular formula is C13H25NO. The van der Waals surface area contributed by atoms with E-state index in [0.717, 1.165) is 12.5 Å². The molecule has 0 saturated heterocycles. The van der Waals surface area contributed by atoms with Gasteiger partial charge in [0.1, 0.15) is 0 Å². The molecule has 88 valence electrons. The van der Waals surface area contributed by atoms with Crippen molar-refractivity contribution in [2.24, 2.45) is 16.7 Å². The summed E-state index contributed by atoms with van der Waals surface area (Å²) in [5, 5.41) is 12.9. The molecule has 0 aromatic carbocycles. The van der Waals surface area contributed by atoms with Crippen LogP contribution in [0.25, 0.3) is 0 Å². The molecule has 2 N–H and O–H groups in total. The Labute approximate surface area is 93.5 Å². The number of rotatable bonds is 4. The van der Waals surface area contributed by atoms with Crippen molar-refractivity contribution < 1.29 is 5.11 Å². The lowest BCUT2D eigenvalue weighted by atomic mass is 9.91. The third-order valence-electron chi connectivity index (χ3n) is 4.37. The molecule has 2 nitrogen and oxygen atoms in total. The lowest BCUT2D eigenvalue weighted by Crippen LogP contribution is -2.37. The van der Waals surface area contributed by atoms with Crippen molar-refractivity contribution in [3.05, 3.63) is 0 Å². The molecular weight excluding hydrogens is 186 g/mol. The van der Waals surface area contributed by atoms with Crippen molar-refractivity contribution in [2.45, 2.75) is 52.5 Å². The molecule has 0 aromatic heterocycles. The highest BCUT2D eigenvalue weighted by atomic mass is 16.3. The van der Waals surface area contributed by atoms with Gasteiger partial charge in [-0.15, -0.1) is 0 Å². The standard InChI is InChI=1S/C13H25NO/c1-10-6-12(2,3)7-11(10)14-8-13(9-15)4-5-13/h10-11,14-15H,4-9H2,1-3H3. The summed E-state index contributed by atoms with van der Waals surface area (Å²) in [5.41, 5.74) is 0.763.